The fourth-order valence-corrected chi connectivity index (χ4v) is 4.83. The summed E-state index contributed by atoms with van der Waals surface area (Å²) in [6, 6.07) is 9.39. The molecule has 1 atom stereocenters. The van der Waals surface area contributed by atoms with Gasteiger partial charge in [-0.2, -0.15) is 5.10 Å². The summed E-state index contributed by atoms with van der Waals surface area (Å²) in [4.78, 5) is 42.4. The van der Waals surface area contributed by atoms with Gasteiger partial charge in [-0.3, -0.25) is 19.7 Å². The van der Waals surface area contributed by atoms with Crippen LogP contribution in [-0.2, 0) is 15.0 Å². The van der Waals surface area contributed by atoms with Crippen LogP contribution in [0.25, 0.3) is 11.0 Å². The average Bonchev–Trinajstić information content (AvgIpc) is 3.58. The van der Waals surface area contributed by atoms with Gasteiger partial charge in [-0.25, -0.2) is 9.67 Å². The van der Waals surface area contributed by atoms with Crippen molar-refractivity contribution in [3.05, 3.63) is 53.3 Å². The van der Waals surface area contributed by atoms with E-state index in [1.807, 2.05) is 55.8 Å². The molecule has 3 amide bonds. The minimum absolute atomic E-state index is 0.140. The highest BCUT2D eigenvalue weighted by Gasteiger charge is 2.42. The Hall–Kier alpha value is -3.55. The van der Waals surface area contributed by atoms with E-state index in [9.17, 15) is 14.4 Å². The number of benzene rings is 1. The van der Waals surface area contributed by atoms with E-state index in [0.29, 0.717) is 36.4 Å². The Morgan fingerprint density at radius 2 is 1.97 bits per heavy atom. The van der Waals surface area contributed by atoms with Crippen LogP contribution in [-0.4, -0.2) is 32.5 Å². The van der Waals surface area contributed by atoms with Crippen LogP contribution in [0.4, 0.5) is 5.69 Å². The van der Waals surface area contributed by atoms with Crippen molar-refractivity contribution >= 4 is 34.4 Å². The number of rotatable bonds is 6. The third kappa shape index (κ3) is 3.77. The average molecular weight is 460 g/mol. The van der Waals surface area contributed by atoms with Crippen LogP contribution < -0.4 is 10.6 Å². The van der Waals surface area contributed by atoms with Gasteiger partial charge < -0.3 is 5.32 Å². The van der Waals surface area contributed by atoms with Crippen LogP contribution >= 0.6 is 0 Å². The molecule has 2 aromatic heterocycles. The molecule has 1 unspecified atom stereocenters. The van der Waals surface area contributed by atoms with Gasteiger partial charge in [0.25, 0.3) is 5.91 Å². The number of hydrogen-bond acceptors (Lipinski definition) is 5. The first-order chi connectivity index (χ1) is 16.3. The zero-order valence-corrected chi connectivity index (χ0v) is 19.7. The summed E-state index contributed by atoms with van der Waals surface area (Å²) in [7, 11) is 0. The molecule has 1 aromatic carbocycles. The second-order valence-electron chi connectivity index (χ2n) is 9.63. The standard InChI is InChI=1S/C26H29N5O3/c1-4-26(12-11-22(32)30-25(26)34)17-7-9-18(10-8-17)28-24(33)19-13-21(16-5-6-16)29-23-20(19)14-27-31(23)15(2)3/h7-10,13-16H,4-6,11-12H2,1-3H3,(H,28,33)(H,30,32,34). The second kappa shape index (κ2) is 8.34. The monoisotopic (exact) mass is 459 g/mol. The summed E-state index contributed by atoms with van der Waals surface area (Å²) in [6.45, 7) is 6.05. The van der Waals surface area contributed by atoms with Crippen molar-refractivity contribution in [2.75, 3.05) is 5.32 Å². The molecule has 3 heterocycles. The quantitative estimate of drug-likeness (QED) is 0.537. The van der Waals surface area contributed by atoms with E-state index in [-0.39, 0.29) is 23.8 Å². The summed E-state index contributed by atoms with van der Waals surface area (Å²) in [5, 5.41) is 10.7. The van der Waals surface area contributed by atoms with Gasteiger partial charge >= 0.3 is 0 Å². The van der Waals surface area contributed by atoms with Crippen LogP contribution in [0.3, 0.4) is 0 Å². The number of fused-ring (bicyclic) bond motifs is 1. The van der Waals surface area contributed by atoms with Gasteiger partial charge in [0, 0.05) is 29.8 Å². The molecule has 0 bridgehead atoms. The molecule has 34 heavy (non-hydrogen) atoms. The van der Waals surface area contributed by atoms with E-state index >= 15 is 0 Å². The molecule has 176 valence electrons. The van der Waals surface area contributed by atoms with E-state index in [0.717, 1.165) is 35.1 Å². The molecule has 1 aliphatic carbocycles. The maximum atomic E-state index is 13.3. The number of aromatic nitrogens is 3. The first kappa shape index (κ1) is 22.3. The molecule has 2 aliphatic rings. The second-order valence-corrected chi connectivity index (χ2v) is 9.63. The maximum Gasteiger partial charge on any atom is 0.256 e. The molecule has 1 saturated carbocycles. The number of nitrogens with zero attached hydrogens (tertiary/aromatic N) is 3. The number of piperidine rings is 1. The van der Waals surface area contributed by atoms with E-state index < -0.39 is 5.41 Å². The van der Waals surface area contributed by atoms with E-state index in [1.165, 1.54) is 0 Å². The summed E-state index contributed by atoms with van der Waals surface area (Å²) < 4.78 is 1.86. The fraction of sp³-hybridized carbons (Fsp3) is 0.423. The molecular formula is C26H29N5O3. The van der Waals surface area contributed by atoms with Crippen molar-refractivity contribution in [1.29, 1.82) is 0 Å². The number of amides is 3. The van der Waals surface area contributed by atoms with Gasteiger partial charge in [0.1, 0.15) is 0 Å². The highest BCUT2D eigenvalue weighted by Crippen LogP contribution is 2.40. The molecule has 1 aliphatic heterocycles. The zero-order chi connectivity index (χ0) is 24.0. The first-order valence-corrected chi connectivity index (χ1v) is 12.0. The number of hydrogen-bond donors (Lipinski definition) is 2. The van der Waals surface area contributed by atoms with Crippen LogP contribution in [0.1, 0.15) is 86.5 Å². The molecule has 3 aromatic rings. The molecule has 5 rings (SSSR count). The number of nitrogens with one attached hydrogen (secondary N) is 2. The van der Waals surface area contributed by atoms with Crippen molar-refractivity contribution in [3.63, 3.8) is 0 Å². The number of carbonyl (C=O) groups excluding carboxylic acids is 3. The molecule has 2 fully saturated rings. The zero-order valence-electron chi connectivity index (χ0n) is 19.7. The fourth-order valence-electron chi connectivity index (χ4n) is 4.83. The molecule has 0 radical (unpaired) electrons. The molecule has 1 saturated heterocycles. The van der Waals surface area contributed by atoms with E-state index in [2.05, 4.69) is 15.7 Å². The van der Waals surface area contributed by atoms with Crippen LogP contribution in [0.5, 0.6) is 0 Å². The van der Waals surface area contributed by atoms with Gasteiger partial charge in [-0.1, -0.05) is 19.1 Å². The normalized spacial score (nSPS) is 20.6. The first-order valence-electron chi connectivity index (χ1n) is 12.0. The Labute approximate surface area is 198 Å². The van der Waals surface area contributed by atoms with Crippen molar-refractivity contribution in [3.8, 4) is 0 Å². The van der Waals surface area contributed by atoms with Crippen molar-refractivity contribution < 1.29 is 14.4 Å². The molecule has 8 nitrogen and oxygen atoms in total. The van der Waals surface area contributed by atoms with Gasteiger partial charge in [-0.15, -0.1) is 0 Å². The van der Waals surface area contributed by atoms with E-state index in [4.69, 9.17) is 4.98 Å². The molecule has 8 heteroatoms. The van der Waals surface area contributed by atoms with Crippen LogP contribution in [0.2, 0.25) is 0 Å². The molecule has 0 spiro atoms. The molecule has 2 N–H and O–H groups in total. The van der Waals surface area contributed by atoms with Crippen molar-refractivity contribution in [2.45, 2.75) is 70.3 Å². The summed E-state index contributed by atoms with van der Waals surface area (Å²) in [5.74, 6) is -0.286. The number of carbonyl (C=O) groups is 3. The lowest BCUT2D eigenvalue weighted by molar-refractivity contribution is -0.138. The molecular weight excluding hydrogens is 430 g/mol. The Morgan fingerprint density at radius 1 is 1.24 bits per heavy atom. The van der Waals surface area contributed by atoms with Gasteiger partial charge in [0.05, 0.1) is 22.6 Å². The third-order valence-electron chi connectivity index (χ3n) is 7.08. The van der Waals surface area contributed by atoms with Gasteiger partial charge in [0.2, 0.25) is 11.8 Å². The Balaban J connectivity index is 1.43. The minimum atomic E-state index is -0.724. The number of pyridine rings is 1. The Bertz CT molecular complexity index is 1290. The topological polar surface area (TPSA) is 106 Å². The summed E-state index contributed by atoms with van der Waals surface area (Å²) >= 11 is 0. The Morgan fingerprint density at radius 3 is 2.59 bits per heavy atom. The highest BCUT2D eigenvalue weighted by atomic mass is 16.2. The van der Waals surface area contributed by atoms with E-state index in [1.54, 1.807) is 6.20 Å². The predicted octanol–water partition coefficient (Wildman–Crippen LogP) is 4.23. The van der Waals surface area contributed by atoms with Crippen molar-refractivity contribution in [1.82, 2.24) is 20.1 Å². The van der Waals surface area contributed by atoms with Crippen molar-refractivity contribution in [2.24, 2.45) is 0 Å². The number of anilines is 1. The summed E-state index contributed by atoms with van der Waals surface area (Å²) in [5.41, 5.74) is 3.01. The highest BCUT2D eigenvalue weighted by molar-refractivity contribution is 6.12. The summed E-state index contributed by atoms with van der Waals surface area (Å²) in [6.07, 6.45) is 5.30. The smallest absolute Gasteiger partial charge is 0.256 e. The largest absolute Gasteiger partial charge is 0.322 e. The lowest BCUT2D eigenvalue weighted by atomic mass is 9.72. The van der Waals surface area contributed by atoms with Crippen LogP contribution in [0.15, 0.2) is 36.5 Å². The van der Waals surface area contributed by atoms with Crippen LogP contribution in [0, 0.1) is 0 Å². The SMILES string of the molecule is CCC1(c2ccc(NC(=O)c3cc(C4CC4)nc4c3cnn4C(C)C)cc2)CCC(=O)NC1=O. The van der Waals surface area contributed by atoms with Gasteiger partial charge in [0.15, 0.2) is 5.65 Å². The lowest BCUT2D eigenvalue weighted by Crippen LogP contribution is -2.51. The minimum Gasteiger partial charge on any atom is -0.322 e. The Kier molecular flexibility index (Phi) is 5.46. The maximum absolute atomic E-state index is 13.3. The third-order valence-corrected chi connectivity index (χ3v) is 7.08. The number of imide groups is 1. The van der Waals surface area contributed by atoms with Gasteiger partial charge in [-0.05, 0) is 63.3 Å². The lowest BCUT2D eigenvalue weighted by Gasteiger charge is -2.35. The predicted molar refractivity (Wildman–Crippen MR) is 129 cm³/mol.